The van der Waals surface area contributed by atoms with E-state index in [-0.39, 0.29) is 5.56 Å². The second kappa shape index (κ2) is 8.39. The van der Waals surface area contributed by atoms with Crippen LogP contribution < -0.4 is 4.90 Å². The number of H-pyrrole nitrogens is 1. The Morgan fingerprint density at radius 2 is 1.88 bits per heavy atom. The van der Waals surface area contributed by atoms with Crippen LogP contribution in [0.5, 0.6) is 0 Å². The van der Waals surface area contributed by atoms with E-state index in [1.54, 1.807) is 12.3 Å². The molecule has 0 aliphatic carbocycles. The smallest absolute Gasteiger partial charge is 0.147 e. The summed E-state index contributed by atoms with van der Waals surface area (Å²) in [6.07, 6.45) is 7.05. The van der Waals surface area contributed by atoms with Crippen LogP contribution >= 0.6 is 0 Å². The summed E-state index contributed by atoms with van der Waals surface area (Å²) in [6, 6.07) is 12.4. The highest BCUT2D eigenvalue weighted by molar-refractivity contribution is 5.87. The number of piperidine rings is 1. The van der Waals surface area contributed by atoms with Gasteiger partial charge in [0.1, 0.15) is 17.7 Å². The number of nitrogens with one attached hydrogen (secondary N) is 1. The van der Waals surface area contributed by atoms with E-state index in [9.17, 15) is 4.39 Å². The number of rotatable bonds is 4. The molecule has 32 heavy (non-hydrogen) atoms. The lowest BCUT2D eigenvalue weighted by Gasteiger charge is -2.32. The van der Waals surface area contributed by atoms with Gasteiger partial charge < -0.3 is 4.90 Å². The molecule has 7 heteroatoms. The number of nitrogens with zero attached hydrogens (tertiary/aromatic N) is 5. The highest BCUT2D eigenvalue weighted by atomic mass is 19.1. The highest BCUT2D eigenvalue weighted by Crippen LogP contribution is 2.33. The molecule has 6 nitrogen and oxygen atoms in total. The van der Waals surface area contributed by atoms with Crippen molar-refractivity contribution in [3.8, 4) is 28.6 Å². The van der Waals surface area contributed by atoms with E-state index < -0.39 is 5.82 Å². The number of halogens is 1. The van der Waals surface area contributed by atoms with Gasteiger partial charge in [-0.05, 0) is 37.0 Å². The fourth-order valence-corrected chi connectivity index (χ4v) is 4.35. The molecule has 1 fully saturated rings. The number of hydrogen-bond donors (Lipinski definition) is 1. The lowest BCUT2D eigenvalue weighted by atomic mass is 9.94. The van der Waals surface area contributed by atoms with Gasteiger partial charge in [0.2, 0.25) is 0 Å². The van der Waals surface area contributed by atoms with Gasteiger partial charge in [-0.2, -0.15) is 10.4 Å². The van der Waals surface area contributed by atoms with Gasteiger partial charge in [-0.15, -0.1) is 0 Å². The first-order valence-electron chi connectivity index (χ1n) is 10.9. The standard InChI is InChI=1S/C25H23FN6/c1-2-16-7-9-32(10-8-16)23-15-28-24(18-4-6-20-14-29-31-22(20)12-18)25(30-23)17-3-5-19(13-27)21(26)11-17/h3-6,11-12,14-16H,2,7-10H2,1H3,(H,29,31). The Labute approximate surface area is 185 Å². The summed E-state index contributed by atoms with van der Waals surface area (Å²) in [7, 11) is 0. The second-order valence-electron chi connectivity index (χ2n) is 8.24. The summed E-state index contributed by atoms with van der Waals surface area (Å²) in [4.78, 5) is 12.0. The minimum atomic E-state index is -0.559. The van der Waals surface area contributed by atoms with Gasteiger partial charge in [-0.25, -0.2) is 9.37 Å². The van der Waals surface area contributed by atoms with Crippen LogP contribution in [0.1, 0.15) is 31.7 Å². The van der Waals surface area contributed by atoms with Crippen molar-refractivity contribution in [3.63, 3.8) is 0 Å². The number of nitriles is 1. The minimum absolute atomic E-state index is 0.0138. The highest BCUT2D eigenvalue weighted by Gasteiger charge is 2.21. The Hall–Kier alpha value is -3.79. The van der Waals surface area contributed by atoms with E-state index >= 15 is 0 Å². The van der Waals surface area contributed by atoms with Crippen molar-refractivity contribution in [2.75, 3.05) is 18.0 Å². The zero-order valence-electron chi connectivity index (χ0n) is 17.8. The number of benzene rings is 2. The molecule has 1 saturated heterocycles. The van der Waals surface area contributed by atoms with Crippen molar-refractivity contribution in [3.05, 3.63) is 60.2 Å². The molecule has 0 spiro atoms. The largest absolute Gasteiger partial charge is 0.355 e. The Kier molecular flexibility index (Phi) is 5.28. The van der Waals surface area contributed by atoms with E-state index in [1.807, 2.05) is 30.5 Å². The molecule has 0 amide bonds. The Bertz CT molecular complexity index is 1310. The molecule has 4 aromatic rings. The van der Waals surface area contributed by atoms with Gasteiger partial charge in [0.15, 0.2) is 0 Å². The zero-order chi connectivity index (χ0) is 22.1. The van der Waals surface area contributed by atoms with Crippen molar-refractivity contribution in [2.45, 2.75) is 26.2 Å². The first kappa shape index (κ1) is 20.1. The Balaban J connectivity index is 1.61. The van der Waals surface area contributed by atoms with Crippen molar-refractivity contribution in [2.24, 2.45) is 5.92 Å². The number of anilines is 1. The molecule has 1 N–H and O–H groups in total. The molecule has 1 aliphatic heterocycles. The first-order chi connectivity index (χ1) is 15.7. The summed E-state index contributed by atoms with van der Waals surface area (Å²) in [6.45, 7) is 4.12. The van der Waals surface area contributed by atoms with Gasteiger partial charge in [0.25, 0.3) is 0 Å². The van der Waals surface area contributed by atoms with Gasteiger partial charge in [0.05, 0.1) is 34.9 Å². The molecular weight excluding hydrogens is 403 g/mol. The second-order valence-corrected chi connectivity index (χ2v) is 8.24. The summed E-state index contributed by atoms with van der Waals surface area (Å²) < 4.78 is 14.5. The quantitative estimate of drug-likeness (QED) is 0.477. The zero-order valence-corrected chi connectivity index (χ0v) is 17.8. The number of aromatic nitrogens is 4. The van der Waals surface area contributed by atoms with Crippen LogP contribution in [0.25, 0.3) is 33.4 Å². The summed E-state index contributed by atoms with van der Waals surface area (Å²) in [5, 5.41) is 17.2. The Morgan fingerprint density at radius 3 is 2.62 bits per heavy atom. The van der Waals surface area contributed by atoms with E-state index in [4.69, 9.17) is 15.2 Å². The van der Waals surface area contributed by atoms with Gasteiger partial charge >= 0.3 is 0 Å². The maximum Gasteiger partial charge on any atom is 0.147 e. The van der Waals surface area contributed by atoms with Crippen molar-refractivity contribution in [1.82, 2.24) is 20.2 Å². The minimum Gasteiger partial charge on any atom is -0.355 e. The number of aromatic amines is 1. The van der Waals surface area contributed by atoms with E-state index in [0.717, 1.165) is 54.1 Å². The van der Waals surface area contributed by atoms with Crippen molar-refractivity contribution in [1.29, 1.82) is 5.26 Å². The molecule has 0 radical (unpaired) electrons. The molecule has 5 rings (SSSR count). The predicted octanol–water partition coefficient (Wildman–Crippen LogP) is 5.32. The van der Waals surface area contributed by atoms with E-state index in [0.29, 0.717) is 17.0 Å². The SMILES string of the molecule is CCC1CCN(c2cnc(-c3ccc4cn[nH]c4c3)c(-c3ccc(C#N)c(F)c3)n2)CC1. The van der Waals surface area contributed by atoms with Crippen molar-refractivity contribution >= 4 is 16.7 Å². The number of fused-ring (bicyclic) bond motifs is 1. The average Bonchev–Trinajstić information content (AvgIpc) is 3.32. The normalized spacial score (nSPS) is 14.6. The first-order valence-corrected chi connectivity index (χ1v) is 10.9. The van der Waals surface area contributed by atoms with E-state index in [2.05, 4.69) is 22.0 Å². The molecule has 0 atom stereocenters. The maximum absolute atomic E-state index is 14.5. The monoisotopic (exact) mass is 426 g/mol. The molecule has 0 unspecified atom stereocenters. The van der Waals surface area contributed by atoms with Crippen LogP contribution in [-0.2, 0) is 0 Å². The summed E-state index contributed by atoms with van der Waals surface area (Å²) >= 11 is 0. The van der Waals surface area contributed by atoms with Gasteiger partial charge in [-0.3, -0.25) is 10.1 Å². The average molecular weight is 426 g/mol. The van der Waals surface area contributed by atoms with Crippen LogP contribution in [0.4, 0.5) is 10.2 Å². The van der Waals surface area contributed by atoms with Crippen molar-refractivity contribution < 1.29 is 4.39 Å². The molecular formula is C25H23FN6. The fraction of sp³-hybridized carbons (Fsp3) is 0.280. The fourth-order valence-electron chi connectivity index (χ4n) is 4.35. The van der Waals surface area contributed by atoms with Gasteiger partial charge in [-0.1, -0.05) is 31.5 Å². The van der Waals surface area contributed by atoms with Crippen LogP contribution in [0.2, 0.25) is 0 Å². The molecule has 2 aromatic heterocycles. The molecule has 0 bridgehead atoms. The molecule has 160 valence electrons. The summed E-state index contributed by atoms with van der Waals surface area (Å²) in [5.74, 6) is 0.994. The molecule has 1 aliphatic rings. The third kappa shape index (κ3) is 3.69. The third-order valence-electron chi connectivity index (χ3n) is 6.35. The Morgan fingerprint density at radius 1 is 1.09 bits per heavy atom. The third-order valence-corrected chi connectivity index (χ3v) is 6.35. The number of hydrogen-bond acceptors (Lipinski definition) is 5. The molecule has 0 saturated carbocycles. The van der Waals surface area contributed by atoms with E-state index in [1.165, 1.54) is 18.6 Å². The van der Waals surface area contributed by atoms with Crippen LogP contribution in [-0.4, -0.2) is 33.3 Å². The molecule has 2 aromatic carbocycles. The lowest BCUT2D eigenvalue weighted by Crippen LogP contribution is -2.34. The summed E-state index contributed by atoms with van der Waals surface area (Å²) in [5.41, 5.74) is 3.64. The molecule has 3 heterocycles. The maximum atomic E-state index is 14.5. The van der Waals surface area contributed by atoms with Crippen LogP contribution in [0.3, 0.4) is 0 Å². The van der Waals surface area contributed by atoms with Crippen LogP contribution in [0, 0.1) is 23.1 Å². The lowest BCUT2D eigenvalue weighted by molar-refractivity contribution is 0.393. The van der Waals surface area contributed by atoms with Crippen LogP contribution in [0.15, 0.2) is 48.8 Å². The van der Waals surface area contributed by atoms with Gasteiger partial charge in [0, 0.05) is 29.6 Å². The predicted molar refractivity (Wildman–Crippen MR) is 122 cm³/mol. The topological polar surface area (TPSA) is 81.5 Å².